The largest absolute Gasteiger partial charge is 0.480 e. The molecule has 8 nitrogen and oxygen atoms in total. The highest BCUT2D eigenvalue weighted by molar-refractivity contribution is 5.84. The molecular weight excluding hydrogens is 424 g/mol. The quantitative estimate of drug-likeness (QED) is 0.389. The second kappa shape index (κ2) is 11.3. The lowest BCUT2D eigenvalue weighted by molar-refractivity contribution is -0.142. The summed E-state index contributed by atoms with van der Waals surface area (Å²) < 4.78 is 5.39. The number of allylic oxidation sites excluding steroid dienone is 1. The minimum atomic E-state index is -1.18. The summed E-state index contributed by atoms with van der Waals surface area (Å²) in [7, 11) is 0. The Morgan fingerprint density at radius 1 is 1.06 bits per heavy atom. The number of fused-ring (bicyclic) bond motifs is 3. The number of amides is 2. The molecule has 2 aromatic carbocycles. The van der Waals surface area contributed by atoms with Crippen LogP contribution in [0.3, 0.4) is 0 Å². The zero-order chi connectivity index (χ0) is 23.8. The average molecular weight is 453 g/mol. The highest BCUT2D eigenvalue weighted by atomic mass is 16.5. The zero-order valence-corrected chi connectivity index (χ0v) is 18.2. The first-order valence-electron chi connectivity index (χ1n) is 10.8. The van der Waals surface area contributed by atoms with E-state index in [0.717, 1.165) is 22.3 Å². The Morgan fingerprint density at radius 2 is 1.67 bits per heavy atom. The van der Waals surface area contributed by atoms with Gasteiger partial charge in [0.25, 0.3) is 0 Å². The number of aliphatic carboxylic acids is 1. The van der Waals surface area contributed by atoms with Crippen molar-refractivity contribution in [3.8, 4) is 11.1 Å². The van der Waals surface area contributed by atoms with Gasteiger partial charge in [-0.3, -0.25) is 4.79 Å². The molecule has 33 heavy (non-hydrogen) atoms. The molecule has 0 fully saturated rings. The molecule has 4 N–H and O–H groups in total. The number of alkyl carbamates (subject to hydrolysis) is 1. The molecule has 174 valence electrons. The predicted octanol–water partition coefficient (Wildman–Crippen LogP) is 2.81. The van der Waals surface area contributed by atoms with Crippen LogP contribution in [-0.4, -0.2) is 53.5 Å². The molecule has 2 amide bonds. The number of rotatable bonds is 11. The summed E-state index contributed by atoms with van der Waals surface area (Å²) in [5.74, 6) is -1.85. The standard InChI is InChI=1S/C25H28N2O6/c1-2-3-12-22(24(30)31)27-23(29)13-16(28)14-26-25(32)33-15-21-19-10-6-4-8-17(19)18-9-5-7-11-20(18)21/h2,4-11,16,21-22,28H,1,3,12-15H2,(H,26,32)(H,27,29)(H,30,31). The summed E-state index contributed by atoms with van der Waals surface area (Å²) in [4.78, 5) is 35.4. The van der Waals surface area contributed by atoms with E-state index in [1.807, 2.05) is 48.5 Å². The maximum absolute atomic E-state index is 12.2. The lowest BCUT2D eigenvalue weighted by atomic mass is 9.98. The SMILES string of the molecule is C=CCCC(NC(=O)CC(O)CNC(=O)OCC1c2ccccc2-c2ccccc21)C(=O)O. The van der Waals surface area contributed by atoms with E-state index >= 15 is 0 Å². The van der Waals surface area contributed by atoms with Crippen molar-refractivity contribution in [3.63, 3.8) is 0 Å². The van der Waals surface area contributed by atoms with Crippen LogP contribution in [0.2, 0.25) is 0 Å². The number of benzene rings is 2. The number of aliphatic hydroxyl groups is 1. The lowest BCUT2D eigenvalue weighted by Gasteiger charge is -2.17. The molecule has 0 bridgehead atoms. The third-order valence-corrected chi connectivity index (χ3v) is 5.54. The summed E-state index contributed by atoms with van der Waals surface area (Å²) in [6.07, 6.45) is -0.0245. The molecule has 0 aliphatic heterocycles. The minimum Gasteiger partial charge on any atom is -0.480 e. The van der Waals surface area contributed by atoms with E-state index in [1.165, 1.54) is 0 Å². The molecule has 0 radical (unpaired) electrons. The van der Waals surface area contributed by atoms with Crippen LogP contribution in [0.4, 0.5) is 4.79 Å². The fourth-order valence-corrected chi connectivity index (χ4v) is 3.93. The molecular formula is C25H28N2O6. The van der Waals surface area contributed by atoms with Crippen LogP contribution in [0.1, 0.15) is 36.3 Å². The third-order valence-electron chi connectivity index (χ3n) is 5.54. The van der Waals surface area contributed by atoms with Crippen molar-refractivity contribution >= 4 is 18.0 Å². The topological polar surface area (TPSA) is 125 Å². The van der Waals surface area contributed by atoms with E-state index in [1.54, 1.807) is 6.08 Å². The molecule has 2 atom stereocenters. The molecule has 1 aliphatic rings. The van der Waals surface area contributed by atoms with Crippen molar-refractivity contribution < 1.29 is 29.3 Å². The fourth-order valence-electron chi connectivity index (χ4n) is 3.93. The Hall–Kier alpha value is -3.65. The number of carboxylic acid groups (broad SMARTS) is 1. The van der Waals surface area contributed by atoms with Crippen molar-refractivity contribution in [1.82, 2.24) is 10.6 Å². The summed E-state index contributed by atoms with van der Waals surface area (Å²) in [5, 5.41) is 24.0. The number of ether oxygens (including phenoxy) is 1. The minimum absolute atomic E-state index is 0.0811. The van der Waals surface area contributed by atoms with Crippen LogP contribution in [0.15, 0.2) is 61.2 Å². The number of carbonyl (C=O) groups excluding carboxylic acids is 2. The molecule has 2 unspecified atom stereocenters. The third kappa shape index (κ3) is 6.20. The van der Waals surface area contributed by atoms with Crippen molar-refractivity contribution in [3.05, 3.63) is 72.3 Å². The van der Waals surface area contributed by atoms with Crippen molar-refractivity contribution in [2.24, 2.45) is 0 Å². The van der Waals surface area contributed by atoms with Crippen molar-refractivity contribution in [2.75, 3.05) is 13.2 Å². The number of aliphatic hydroxyl groups excluding tert-OH is 1. The van der Waals surface area contributed by atoms with Gasteiger partial charge in [-0.05, 0) is 35.1 Å². The zero-order valence-electron chi connectivity index (χ0n) is 18.2. The number of nitrogens with one attached hydrogen (secondary N) is 2. The lowest BCUT2D eigenvalue weighted by Crippen LogP contribution is -2.43. The van der Waals surface area contributed by atoms with Crippen LogP contribution in [0.25, 0.3) is 11.1 Å². The van der Waals surface area contributed by atoms with E-state index in [2.05, 4.69) is 17.2 Å². The Labute approximate surface area is 192 Å². The van der Waals surface area contributed by atoms with E-state index in [4.69, 9.17) is 9.84 Å². The smallest absolute Gasteiger partial charge is 0.407 e. The molecule has 1 aliphatic carbocycles. The first kappa shape index (κ1) is 24.0. The second-order valence-electron chi connectivity index (χ2n) is 7.89. The van der Waals surface area contributed by atoms with Gasteiger partial charge in [-0.25, -0.2) is 9.59 Å². The van der Waals surface area contributed by atoms with Gasteiger partial charge in [0.1, 0.15) is 12.6 Å². The molecule has 3 rings (SSSR count). The maximum atomic E-state index is 12.2. The Kier molecular flexibility index (Phi) is 8.21. The molecule has 0 heterocycles. The van der Waals surface area contributed by atoms with Gasteiger partial charge in [0.15, 0.2) is 0 Å². The van der Waals surface area contributed by atoms with Gasteiger partial charge in [0.05, 0.1) is 12.5 Å². The van der Waals surface area contributed by atoms with Crippen LogP contribution in [0, 0.1) is 0 Å². The summed E-state index contributed by atoms with van der Waals surface area (Å²) >= 11 is 0. The highest BCUT2D eigenvalue weighted by Crippen LogP contribution is 2.44. The van der Waals surface area contributed by atoms with Crippen LogP contribution >= 0.6 is 0 Å². The van der Waals surface area contributed by atoms with E-state index < -0.39 is 30.1 Å². The van der Waals surface area contributed by atoms with Gasteiger partial charge >= 0.3 is 12.1 Å². The summed E-state index contributed by atoms with van der Waals surface area (Å²) in [6, 6.07) is 14.9. The van der Waals surface area contributed by atoms with E-state index in [0.29, 0.717) is 6.42 Å². The van der Waals surface area contributed by atoms with Crippen LogP contribution in [0.5, 0.6) is 0 Å². The monoisotopic (exact) mass is 452 g/mol. The maximum Gasteiger partial charge on any atom is 0.407 e. The first-order chi connectivity index (χ1) is 15.9. The van der Waals surface area contributed by atoms with Crippen molar-refractivity contribution in [1.29, 1.82) is 0 Å². The molecule has 0 saturated carbocycles. The Balaban J connectivity index is 1.46. The van der Waals surface area contributed by atoms with Gasteiger partial charge in [-0.15, -0.1) is 6.58 Å². The molecule has 0 spiro atoms. The molecule has 2 aromatic rings. The number of carboxylic acids is 1. The van der Waals surface area contributed by atoms with Gasteiger partial charge in [0.2, 0.25) is 5.91 Å². The van der Waals surface area contributed by atoms with Crippen molar-refractivity contribution in [2.45, 2.75) is 37.3 Å². The fraction of sp³-hybridized carbons (Fsp3) is 0.320. The van der Waals surface area contributed by atoms with Gasteiger partial charge < -0.3 is 25.6 Å². The van der Waals surface area contributed by atoms with Crippen LogP contribution in [-0.2, 0) is 14.3 Å². The van der Waals surface area contributed by atoms with Gasteiger partial charge in [0, 0.05) is 12.5 Å². The number of carbonyl (C=O) groups is 3. The average Bonchev–Trinajstić information content (AvgIpc) is 3.12. The summed E-state index contributed by atoms with van der Waals surface area (Å²) in [5.41, 5.74) is 4.42. The Morgan fingerprint density at radius 3 is 2.24 bits per heavy atom. The number of hydrogen-bond donors (Lipinski definition) is 4. The van der Waals surface area contributed by atoms with E-state index in [-0.39, 0.29) is 31.9 Å². The van der Waals surface area contributed by atoms with Gasteiger partial charge in [-0.1, -0.05) is 54.6 Å². The first-order valence-corrected chi connectivity index (χ1v) is 10.8. The normalized spacial score (nSPS) is 13.8. The summed E-state index contributed by atoms with van der Waals surface area (Å²) in [6.45, 7) is 3.46. The second-order valence-corrected chi connectivity index (χ2v) is 7.89. The van der Waals surface area contributed by atoms with Crippen LogP contribution < -0.4 is 10.6 Å². The Bertz CT molecular complexity index is 976. The van der Waals surface area contributed by atoms with E-state index in [9.17, 15) is 19.5 Å². The molecule has 0 aromatic heterocycles. The number of hydrogen-bond acceptors (Lipinski definition) is 5. The predicted molar refractivity (Wildman–Crippen MR) is 123 cm³/mol. The van der Waals surface area contributed by atoms with Gasteiger partial charge in [-0.2, -0.15) is 0 Å². The highest BCUT2D eigenvalue weighted by Gasteiger charge is 2.29. The molecule has 0 saturated heterocycles. The molecule has 8 heteroatoms.